The van der Waals surface area contributed by atoms with Crippen molar-refractivity contribution in [3.8, 4) is 0 Å². The van der Waals surface area contributed by atoms with Gasteiger partial charge in [0.2, 0.25) is 5.95 Å². The van der Waals surface area contributed by atoms with Gasteiger partial charge >= 0.3 is 0 Å². The molecule has 0 bridgehead atoms. The summed E-state index contributed by atoms with van der Waals surface area (Å²) in [6.45, 7) is 2.32. The highest BCUT2D eigenvalue weighted by Crippen LogP contribution is 2.28. The molecule has 0 radical (unpaired) electrons. The van der Waals surface area contributed by atoms with Crippen molar-refractivity contribution in [3.63, 3.8) is 0 Å². The van der Waals surface area contributed by atoms with Gasteiger partial charge in [-0.05, 0) is 44.7 Å². The Labute approximate surface area is 127 Å². The van der Waals surface area contributed by atoms with Gasteiger partial charge < -0.3 is 5.73 Å². The van der Waals surface area contributed by atoms with Crippen LogP contribution >= 0.6 is 0 Å². The number of allylic oxidation sites excluding steroid dienone is 1. The third-order valence-corrected chi connectivity index (χ3v) is 4.76. The summed E-state index contributed by atoms with van der Waals surface area (Å²) in [5, 5.41) is 0. The maximum atomic E-state index is 5.73. The van der Waals surface area contributed by atoms with Gasteiger partial charge in [-0.15, -0.1) is 0 Å². The zero-order chi connectivity index (χ0) is 14.5. The summed E-state index contributed by atoms with van der Waals surface area (Å²) in [6, 6.07) is 2.64. The van der Waals surface area contributed by atoms with Crippen molar-refractivity contribution < 1.29 is 0 Å². The first-order valence-corrected chi connectivity index (χ1v) is 8.32. The molecule has 1 aliphatic heterocycles. The molecule has 2 unspecified atom stereocenters. The quantitative estimate of drug-likeness (QED) is 0.849. The second kappa shape index (κ2) is 7.03. The van der Waals surface area contributed by atoms with E-state index in [-0.39, 0.29) is 0 Å². The number of anilines is 1. The van der Waals surface area contributed by atoms with E-state index in [4.69, 9.17) is 5.73 Å². The predicted octanol–water partition coefficient (Wildman–Crippen LogP) is 3.13. The first-order valence-electron chi connectivity index (χ1n) is 8.32. The van der Waals surface area contributed by atoms with Crippen LogP contribution in [-0.4, -0.2) is 34.0 Å². The van der Waals surface area contributed by atoms with Crippen LogP contribution in [0, 0.1) is 0 Å². The van der Waals surface area contributed by atoms with Crippen LogP contribution in [0.4, 0.5) is 5.95 Å². The van der Waals surface area contributed by atoms with Crippen molar-refractivity contribution in [1.82, 2.24) is 14.9 Å². The Kier molecular flexibility index (Phi) is 4.86. The zero-order valence-corrected chi connectivity index (χ0v) is 12.7. The number of rotatable bonds is 2. The summed E-state index contributed by atoms with van der Waals surface area (Å²) in [6.07, 6.45) is 15.7. The molecule has 3 rings (SSSR count). The lowest BCUT2D eigenvalue weighted by Crippen LogP contribution is -2.41. The molecule has 114 valence electrons. The van der Waals surface area contributed by atoms with Gasteiger partial charge in [-0.3, -0.25) is 4.90 Å². The van der Waals surface area contributed by atoms with E-state index in [1.54, 1.807) is 6.20 Å². The first kappa shape index (κ1) is 14.5. The van der Waals surface area contributed by atoms with Gasteiger partial charge in [0.1, 0.15) is 0 Å². The minimum atomic E-state index is 0.399. The molecule has 1 saturated heterocycles. The van der Waals surface area contributed by atoms with Crippen LogP contribution in [0.3, 0.4) is 0 Å². The van der Waals surface area contributed by atoms with Gasteiger partial charge in [0.25, 0.3) is 0 Å². The van der Waals surface area contributed by atoms with Crippen LogP contribution in [0.25, 0.3) is 0 Å². The molecule has 0 saturated carbocycles. The maximum Gasteiger partial charge on any atom is 0.220 e. The minimum absolute atomic E-state index is 0.399. The molecule has 2 heterocycles. The molecule has 2 N–H and O–H groups in total. The van der Waals surface area contributed by atoms with Crippen molar-refractivity contribution in [2.45, 2.75) is 56.9 Å². The highest BCUT2D eigenvalue weighted by molar-refractivity contribution is 5.20. The summed E-state index contributed by atoms with van der Waals surface area (Å²) in [5.41, 5.74) is 6.85. The van der Waals surface area contributed by atoms with Crippen LogP contribution < -0.4 is 5.73 Å². The SMILES string of the molecule is Nc1nccc(C2CCCN(C3/C=C\CCCCC3)C2)n1. The standard InChI is InChI=1S/C17H26N4/c18-17-19-11-10-16(20-17)14-7-6-12-21(13-14)15-8-4-2-1-3-5-9-15/h4,8,10-11,14-15H,1-3,5-7,9,12-13H2,(H2,18,19,20)/b8-4-. The summed E-state index contributed by atoms with van der Waals surface area (Å²) >= 11 is 0. The molecule has 2 aliphatic rings. The smallest absolute Gasteiger partial charge is 0.220 e. The number of nitrogens with two attached hydrogens (primary N) is 1. The van der Waals surface area contributed by atoms with E-state index in [0.717, 1.165) is 12.2 Å². The molecule has 21 heavy (non-hydrogen) atoms. The van der Waals surface area contributed by atoms with Crippen LogP contribution in [0.2, 0.25) is 0 Å². The van der Waals surface area contributed by atoms with Gasteiger partial charge in [-0.25, -0.2) is 9.97 Å². The van der Waals surface area contributed by atoms with Crippen LogP contribution in [0.15, 0.2) is 24.4 Å². The summed E-state index contributed by atoms with van der Waals surface area (Å²) in [5.74, 6) is 0.901. The molecule has 4 nitrogen and oxygen atoms in total. The van der Waals surface area contributed by atoms with Gasteiger partial charge in [-0.2, -0.15) is 0 Å². The Morgan fingerprint density at radius 2 is 2.10 bits per heavy atom. The second-order valence-corrected chi connectivity index (χ2v) is 6.31. The minimum Gasteiger partial charge on any atom is -0.368 e. The summed E-state index contributed by atoms with van der Waals surface area (Å²) < 4.78 is 0. The fourth-order valence-electron chi connectivity index (χ4n) is 3.61. The van der Waals surface area contributed by atoms with Crippen molar-refractivity contribution >= 4 is 5.95 Å². The molecule has 1 aromatic heterocycles. The number of nitrogens with zero attached hydrogens (tertiary/aromatic N) is 3. The monoisotopic (exact) mass is 286 g/mol. The molecular weight excluding hydrogens is 260 g/mol. The normalized spacial score (nSPS) is 29.5. The average Bonchev–Trinajstić information content (AvgIpc) is 2.47. The fourth-order valence-corrected chi connectivity index (χ4v) is 3.61. The molecule has 4 heteroatoms. The maximum absolute atomic E-state index is 5.73. The molecule has 1 aromatic rings. The Bertz CT molecular complexity index is 485. The summed E-state index contributed by atoms with van der Waals surface area (Å²) in [4.78, 5) is 11.1. The molecule has 0 spiro atoms. The van der Waals surface area contributed by atoms with Crippen LogP contribution in [0.1, 0.15) is 56.6 Å². The number of hydrogen-bond acceptors (Lipinski definition) is 4. The largest absolute Gasteiger partial charge is 0.368 e. The van der Waals surface area contributed by atoms with Gasteiger partial charge in [0, 0.05) is 24.7 Å². The number of likely N-dealkylation sites (tertiary alicyclic amines) is 1. The second-order valence-electron chi connectivity index (χ2n) is 6.31. The Morgan fingerprint density at radius 1 is 1.14 bits per heavy atom. The van der Waals surface area contributed by atoms with E-state index < -0.39 is 0 Å². The Morgan fingerprint density at radius 3 is 3.00 bits per heavy atom. The molecule has 1 aliphatic carbocycles. The molecular formula is C17H26N4. The lowest BCUT2D eigenvalue weighted by molar-refractivity contribution is 0.162. The number of hydrogen-bond donors (Lipinski definition) is 1. The van der Waals surface area contributed by atoms with E-state index >= 15 is 0 Å². The molecule has 0 amide bonds. The van der Waals surface area contributed by atoms with Gasteiger partial charge in [0.15, 0.2) is 0 Å². The Balaban J connectivity index is 1.68. The lowest BCUT2D eigenvalue weighted by Gasteiger charge is -2.37. The number of nitrogen functional groups attached to an aromatic ring is 1. The van der Waals surface area contributed by atoms with Gasteiger partial charge in [0.05, 0.1) is 5.69 Å². The highest BCUT2D eigenvalue weighted by Gasteiger charge is 2.26. The van der Waals surface area contributed by atoms with E-state index in [1.165, 1.54) is 51.5 Å². The summed E-state index contributed by atoms with van der Waals surface area (Å²) in [7, 11) is 0. The van der Waals surface area contributed by atoms with E-state index in [9.17, 15) is 0 Å². The average molecular weight is 286 g/mol. The molecule has 1 fully saturated rings. The third kappa shape index (κ3) is 3.82. The Hall–Kier alpha value is -1.42. The number of piperidine rings is 1. The zero-order valence-electron chi connectivity index (χ0n) is 12.7. The third-order valence-electron chi connectivity index (χ3n) is 4.76. The van der Waals surface area contributed by atoms with Crippen molar-refractivity contribution in [2.24, 2.45) is 0 Å². The highest BCUT2D eigenvalue weighted by atomic mass is 15.2. The van der Waals surface area contributed by atoms with Crippen molar-refractivity contribution in [2.75, 3.05) is 18.8 Å². The predicted molar refractivity (Wildman–Crippen MR) is 86.0 cm³/mol. The van der Waals surface area contributed by atoms with E-state index in [1.807, 2.05) is 6.07 Å². The fraction of sp³-hybridized carbons (Fsp3) is 0.647. The van der Waals surface area contributed by atoms with Gasteiger partial charge in [-0.1, -0.05) is 25.0 Å². The number of aromatic nitrogens is 2. The first-order chi connectivity index (χ1) is 10.3. The van der Waals surface area contributed by atoms with Crippen molar-refractivity contribution in [3.05, 3.63) is 30.1 Å². The molecule has 2 atom stereocenters. The lowest BCUT2D eigenvalue weighted by atomic mass is 9.92. The molecule has 0 aromatic carbocycles. The van der Waals surface area contributed by atoms with E-state index in [2.05, 4.69) is 27.0 Å². The van der Waals surface area contributed by atoms with Crippen LogP contribution in [-0.2, 0) is 0 Å². The van der Waals surface area contributed by atoms with Crippen LogP contribution in [0.5, 0.6) is 0 Å². The topological polar surface area (TPSA) is 55.0 Å². The van der Waals surface area contributed by atoms with Crippen molar-refractivity contribution in [1.29, 1.82) is 0 Å². The van der Waals surface area contributed by atoms with E-state index in [0.29, 0.717) is 17.9 Å².